The van der Waals surface area contributed by atoms with Crippen LogP contribution in [0.1, 0.15) is 32.7 Å². The molecule has 0 radical (unpaired) electrons. The van der Waals surface area contributed by atoms with Crippen LogP contribution in [0.15, 0.2) is 60.9 Å². The maximum Gasteiger partial charge on any atom is 0.251 e. The molecule has 0 bridgehead atoms. The standard InChI is InChI=1S/C25H30N6O2/c1-19-6-2-3-7-22(19)29-14-16-30(17-15-29)23-9-8-20(18-21(23)24(26)32)25(33)27-10-4-12-31-13-5-11-28-31/h2-3,5-9,11,13,18H,4,10,12,14-17H2,1H3,(H2,26,32)(H,27,33). The summed E-state index contributed by atoms with van der Waals surface area (Å²) in [5.41, 5.74) is 9.78. The minimum atomic E-state index is -0.528. The predicted octanol–water partition coefficient (Wildman–Crippen LogP) is 2.44. The van der Waals surface area contributed by atoms with Gasteiger partial charge in [0.25, 0.3) is 11.8 Å². The van der Waals surface area contributed by atoms with Crippen molar-refractivity contribution in [3.8, 4) is 0 Å². The Morgan fingerprint density at radius 1 is 1.00 bits per heavy atom. The molecule has 8 heteroatoms. The fourth-order valence-electron chi connectivity index (χ4n) is 4.23. The Labute approximate surface area is 194 Å². The normalized spacial score (nSPS) is 13.7. The third-order valence-corrected chi connectivity index (χ3v) is 6.01. The van der Waals surface area contributed by atoms with Crippen LogP contribution in [0.2, 0.25) is 0 Å². The number of hydrogen-bond donors (Lipinski definition) is 2. The Hall–Kier alpha value is -3.81. The molecule has 3 N–H and O–H groups in total. The van der Waals surface area contributed by atoms with E-state index >= 15 is 0 Å². The summed E-state index contributed by atoms with van der Waals surface area (Å²) in [4.78, 5) is 29.3. The van der Waals surface area contributed by atoms with Crippen molar-refractivity contribution in [1.82, 2.24) is 15.1 Å². The number of nitrogens with two attached hydrogens (primary N) is 1. The molecule has 3 aromatic rings. The van der Waals surface area contributed by atoms with Crippen molar-refractivity contribution in [1.29, 1.82) is 0 Å². The smallest absolute Gasteiger partial charge is 0.251 e. The van der Waals surface area contributed by atoms with E-state index in [0.717, 1.165) is 44.8 Å². The molecule has 1 aromatic heterocycles. The topological polar surface area (TPSA) is 96.5 Å². The molecular weight excluding hydrogens is 416 g/mol. The number of primary amides is 1. The zero-order valence-corrected chi connectivity index (χ0v) is 18.9. The lowest BCUT2D eigenvalue weighted by molar-refractivity contribution is 0.0952. The number of para-hydroxylation sites is 1. The zero-order chi connectivity index (χ0) is 23.2. The molecule has 0 unspecified atom stereocenters. The first kappa shape index (κ1) is 22.4. The second kappa shape index (κ2) is 10.2. The molecule has 0 atom stereocenters. The van der Waals surface area contributed by atoms with Gasteiger partial charge in [-0.15, -0.1) is 0 Å². The van der Waals surface area contributed by atoms with Gasteiger partial charge in [-0.1, -0.05) is 18.2 Å². The lowest BCUT2D eigenvalue weighted by Crippen LogP contribution is -2.47. The molecule has 33 heavy (non-hydrogen) atoms. The Balaban J connectivity index is 1.38. The van der Waals surface area contributed by atoms with Crippen LogP contribution >= 0.6 is 0 Å². The van der Waals surface area contributed by atoms with Gasteiger partial charge in [-0.05, 0) is 49.2 Å². The maximum absolute atomic E-state index is 12.6. The molecule has 2 amide bonds. The Bertz CT molecular complexity index is 1100. The van der Waals surface area contributed by atoms with E-state index in [-0.39, 0.29) is 5.91 Å². The molecule has 8 nitrogen and oxygen atoms in total. The Kier molecular flexibility index (Phi) is 6.92. The maximum atomic E-state index is 12.6. The first-order chi connectivity index (χ1) is 16.0. The van der Waals surface area contributed by atoms with Gasteiger partial charge in [0.1, 0.15) is 0 Å². The first-order valence-corrected chi connectivity index (χ1v) is 11.3. The minimum absolute atomic E-state index is 0.214. The molecule has 172 valence electrons. The number of anilines is 2. The number of amides is 2. The first-order valence-electron chi connectivity index (χ1n) is 11.3. The number of piperazine rings is 1. The van der Waals surface area contributed by atoms with Gasteiger partial charge in [-0.3, -0.25) is 14.3 Å². The average Bonchev–Trinajstić information content (AvgIpc) is 3.35. The summed E-state index contributed by atoms with van der Waals surface area (Å²) in [6, 6.07) is 15.4. The van der Waals surface area contributed by atoms with E-state index < -0.39 is 5.91 Å². The summed E-state index contributed by atoms with van der Waals surface area (Å²) in [6.45, 7) is 6.61. The second-order valence-corrected chi connectivity index (χ2v) is 8.24. The number of nitrogens with zero attached hydrogens (tertiary/aromatic N) is 4. The van der Waals surface area contributed by atoms with Gasteiger partial charge in [-0.25, -0.2) is 0 Å². The van der Waals surface area contributed by atoms with Gasteiger partial charge in [-0.2, -0.15) is 5.10 Å². The molecule has 1 saturated heterocycles. The van der Waals surface area contributed by atoms with E-state index in [1.54, 1.807) is 18.3 Å². The number of carbonyl (C=O) groups excluding carboxylic acids is 2. The molecule has 0 aliphatic carbocycles. The number of nitrogens with one attached hydrogen (secondary N) is 1. The zero-order valence-electron chi connectivity index (χ0n) is 18.9. The molecule has 1 fully saturated rings. The quantitative estimate of drug-likeness (QED) is 0.518. The molecule has 0 saturated carbocycles. The molecule has 0 spiro atoms. The van der Waals surface area contributed by atoms with Gasteiger partial charge in [0.2, 0.25) is 0 Å². The molecule has 1 aliphatic rings. The molecule has 2 aromatic carbocycles. The van der Waals surface area contributed by atoms with Crippen molar-refractivity contribution >= 4 is 23.2 Å². The predicted molar refractivity (Wildman–Crippen MR) is 130 cm³/mol. The lowest BCUT2D eigenvalue weighted by atomic mass is 10.1. The highest BCUT2D eigenvalue weighted by Gasteiger charge is 2.22. The van der Waals surface area contributed by atoms with E-state index in [0.29, 0.717) is 17.7 Å². The van der Waals surface area contributed by atoms with E-state index in [2.05, 4.69) is 45.3 Å². The highest BCUT2D eigenvalue weighted by molar-refractivity contribution is 6.03. The summed E-state index contributed by atoms with van der Waals surface area (Å²) in [7, 11) is 0. The van der Waals surface area contributed by atoms with Gasteiger partial charge >= 0.3 is 0 Å². The highest BCUT2D eigenvalue weighted by Crippen LogP contribution is 2.26. The molecular formula is C25H30N6O2. The average molecular weight is 447 g/mol. The van der Waals surface area contributed by atoms with Crippen LogP contribution < -0.4 is 20.9 Å². The third kappa shape index (κ3) is 5.34. The number of aromatic nitrogens is 2. The highest BCUT2D eigenvalue weighted by atomic mass is 16.2. The number of aryl methyl sites for hydroxylation is 2. The van der Waals surface area contributed by atoms with Crippen molar-refractivity contribution in [2.45, 2.75) is 19.9 Å². The summed E-state index contributed by atoms with van der Waals surface area (Å²) in [5, 5.41) is 7.05. The van der Waals surface area contributed by atoms with Gasteiger partial charge in [0, 0.05) is 68.6 Å². The van der Waals surface area contributed by atoms with Gasteiger partial charge in [0.15, 0.2) is 0 Å². The van der Waals surface area contributed by atoms with E-state index in [1.807, 2.05) is 29.1 Å². The number of rotatable bonds is 8. The molecule has 2 heterocycles. The van der Waals surface area contributed by atoms with Crippen LogP contribution in [0.4, 0.5) is 11.4 Å². The van der Waals surface area contributed by atoms with Crippen LogP contribution in [0, 0.1) is 6.92 Å². The van der Waals surface area contributed by atoms with Crippen molar-refractivity contribution in [3.63, 3.8) is 0 Å². The summed E-state index contributed by atoms with van der Waals surface area (Å²) in [5.74, 6) is -0.742. The fourth-order valence-corrected chi connectivity index (χ4v) is 4.23. The fraction of sp³-hybridized carbons (Fsp3) is 0.320. The lowest BCUT2D eigenvalue weighted by Gasteiger charge is -2.38. The van der Waals surface area contributed by atoms with Crippen LogP contribution in [0.5, 0.6) is 0 Å². The SMILES string of the molecule is Cc1ccccc1N1CCN(c2ccc(C(=O)NCCCn3cccn3)cc2C(N)=O)CC1. The second-order valence-electron chi connectivity index (χ2n) is 8.24. The number of hydrogen-bond acceptors (Lipinski definition) is 5. The van der Waals surface area contributed by atoms with E-state index in [1.165, 1.54) is 11.3 Å². The summed E-state index contributed by atoms with van der Waals surface area (Å²) in [6.07, 6.45) is 4.38. The van der Waals surface area contributed by atoms with Crippen LogP contribution in [0.3, 0.4) is 0 Å². The summed E-state index contributed by atoms with van der Waals surface area (Å²) >= 11 is 0. The van der Waals surface area contributed by atoms with E-state index in [4.69, 9.17) is 5.73 Å². The van der Waals surface area contributed by atoms with Crippen LogP contribution in [-0.4, -0.2) is 54.3 Å². The van der Waals surface area contributed by atoms with Gasteiger partial charge in [0.05, 0.1) is 5.56 Å². The number of benzene rings is 2. The molecule has 4 rings (SSSR count). The van der Waals surface area contributed by atoms with Crippen LogP contribution in [0.25, 0.3) is 0 Å². The third-order valence-electron chi connectivity index (χ3n) is 6.01. The van der Waals surface area contributed by atoms with Gasteiger partial charge < -0.3 is 20.9 Å². The van der Waals surface area contributed by atoms with Crippen molar-refractivity contribution in [2.24, 2.45) is 5.73 Å². The van der Waals surface area contributed by atoms with Crippen LogP contribution in [-0.2, 0) is 6.54 Å². The monoisotopic (exact) mass is 446 g/mol. The minimum Gasteiger partial charge on any atom is -0.368 e. The Morgan fingerprint density at radius 3 is 2.39 bits per heavy atom. The molecule has 1 aliphatic heterocycles. The van der Waals surface area contributed by atoms with Crippen molar-refractivity contribution < 1.29 is 9.59 Å². The Morgan fingerprint density at radius 2 is 1.73 bits per heavy atom. The largest absolute Gasteiger partial charge is 0.368 e. The van der Waals surface area contributed by atoms with Crippen molar-refractivity contribution in [2.75, 3.05) is 42.5 Å². The van der Waals surface area contributed by atoms with E-state index in [9.17, 15) is 9.59 Å². The number of carbonyl (C=O) groups is 2. The van der Waals surface area contributed by atoms with Crippen molar-refractivity contribution in [3.05, 3.63) is 77.6 Å². The summed E-state index contributed by atoms with van der Waals surface area (Å²) < 4.78 is 1.82.